The maximum Gasteiger partial charge on any atom is 0.324 e. The highest BCUT2D eigenvalue weighted by molar-refractivity contribution is 6.24. The van der Waals surface area contributed by atoms with Gasteiger partial charge in [0.15, 0.2) is 0 Å². The molecule has 0 aromatic heterocycles. The van der Waals surface area contributed by atoms with Crippen molar-refractivity contribution in [3.05, 3.63) is 66.0 Å². The zero-order chi connectivity index (χ0) is 21.6. The van der Waals surface area contributed by atoms with Gasteiger partial charge in [-0.2, -0.15) is 0 Å². The van der Waals surface area contributed by atoms with Crippen LogP contribution in [0.15, 0.2) is 54.6 Å². The van der Waals surface area contributed by atoms with Gasteiger partial charge < -0.3 is 5.11 Å². The van der Waals surface area contributed by atoms with E-state index in [4.69, 9.17) is 0 Å². The molecule has 7 heteroatoms. The summed E-state index contributed by atoms with van der Waals surface area (Å²) >= 11 is 0. The molecule has 0 bridgehead atoms. The summed E-state index contributed by atoms with van der Waals surface area (Å²) in [5.41, 5.74) is -0.591. The van der Waals surface area contributed by atoms with Crippen molar-refractivity contribution in [1.29, 1.82) is 0 Å². The van der Waals surface area contributed by atoms with Crippen molar-refractivity contribution in [2.24, 2.45) is 17.8 Å². The maximum atomic E-state index is 13.5. The molecule has 30 heavy (non-hydrogen) atoms. The number of para-hydroxylation sites is 1. The Kier molecular flexibility index (Phi) is 4.94. The topological polar surface area (TPSA) is 86.7 Å². The molecule has 0 aliphatic carbocycles. The van der Waals surface area contributed by atoms with Crippen LogP contribution in [-0.4, -0.2) is 28.4 Å². The zero-order valence-electron chi connectivity index (χ0n) is 16.7. The second kappa shape index (κ2) is 7.32. The molecule has 2 aromatic carbocycles. The number of imide groups is 1. The number of halogens is 1. The molecule has 2 N–H and O–H groups in total. The van der Waals surface area contributed by atoms with E-state index in [9.17, 15) is 23.9 Å². The molecule has 2 aliphatic heterocycles. The first-order valence-electron chi connectivity index (χ1n) is 9.95. The maximum absolute atomic E-state index is 13.5. The number of nitrogens with one attached hydrogen (secondary N) is 1. The van der Waals surface area contributed by atoms with E-state index in [1.165, 1.54) is 24.3 Å². The Labute approximate surface area is 173 Å². The molecule has 2 saturated heterocycles. The SMILES string of the molecule is CC(C)CC1(C(=O)O)NC(c2ccc(F)cc2)C2C(=O)N(c3ccccc3)C(=O)C21. The highest BCUT2D eigenvalue weighted by atomic mass is 19.1. The third-order valence-corrected chi connectivity index (χ3v) is 6.01. The van der Waals surface area contributed by atoms with Gasteiger partial charge >= 0.3 is 5.97 Å². The van der Waals surface area contributed by atoms with Crippen molar-refractivity contribution in [3.63, 3.8) is 0 Å². The van der Waals surface area contributed by atoms with Crippen molar-refractivity contribution in [3.8, 4) is 0 Å². The van der Waals surface area contributed by atoms with E-state index >= 15 is 0 Å². The highest BCUT2D eigenvalue weighted by Gasteiger charge is 2.68. The van der Waals surface area contributed by atoms with Gasteiger partial charge in [-0.25, -0.2) is 9.29 Å². The first-order chi connectivity index (χ1) is 14.3. The van der Waals surface area contributed by atoms with Crippen LogP contribution in [0.3, 0.4) is 0 Å². The Morgan fingerprint density at radius 2 is 1.73 bits per heavy atom. The molecule has 0 saturated carbocycles. The second-order valence-corrected chi connectivity index (χ2v) is 8.40. The monoisotopic (exact) mass is 410 g/mol. The van der Waals surface area contributed by atoms with Gasteiger partial charge in [-0.1, -0.05) is 44.2 Å². The van der Waals surface area contributed by atoms with E-state index in [-0.39, 0.29) is 12.3 Å². The third kappa shape index (κ3) is 3.01. The first-order valence-corrected chi connectivity index (χ1v) is 9.95. The van der Waals surface area contributed by atoms with Crippen LogP contribution in [0.4, 0.5) is 10.1 Å². The molecule has 0 radical (unpaired) electrons. The Balaban J connectivity index is 1.86. The summed E-state index contributed by atoms with van der Waals surface area (Å²) in [4.78, 5) is 40.5. The predicted molar refractivity (Wildman–Crippen MR) is 108 cm³/mol. The summed E-state index contributed by atoms with van der Waals surface area (Å²) in [7, 11) is 0. The van der Waals surface area contributed by atoms with Crippen LogP contribution >= 0.6 is 0 Å². The molecule has 2 amide bonds. The zero-order valence-corrected chi connectivity index (χ0v) is 16.7. The molecule has 156 valence electrons. The van der Waals surface area contributed by atoms with Crippen molar-refractivity contribution >= 4 is 23.5 Å². The lowest BCUT2D eigenvalue weighted by Gasteiger charge is -2.32. The van der Waals surface area contributed by atoms with Gasteiger partial charge in [0.25, 0.3) is 0 Å². The van der Waals surface area contributed by atoms with E-state index in [2.05, 4.69) is 5.32 Å². The van der Waals surface area contributed by atoms with E-state index < -0.39 is 47.0 Å². The number of benzene rings is 2. The van der Waals surface area contributed by atoms with E-state index in [1.807, 2.05) is 13.8 Å². The van der Waals surface area contributed by atoms with Crippen molar-refractivity contribution < 1.29 is 23.9 Å². The number of carboxylic acids is 1. The summed E-state index contributed by atoms with van der Waals surface area (Å²) in [5.74, 6) is -4.53. The van der Waals surface area contributed by atoms with Gasteiger partial charge in [0, 0.05) is 6.04 Å². The predicted octanol–water partition coefficient (Wildman–Crippen LogP) is 3.15. The van der Waals surface area contributed by atoms with Gasteiger partial charge in [-0.05, 0) is 42.2 Å². The van der Waals surface area contributed by atoms with E-state index in [1.54, 1.807) is 30.3 Å². The highest BCUT2D eigenvalue weighted by Crippen LogP contribution is 2.51. The quantitative estimate of drug-likeness (QED) is 0.740. The Morgan fingerprint density at radius 3 is 2.30 bits per heavy atom. The van der Waals surface area contributed by atoms with Crippen molar-refractivity contribution in [2.45, 2.75) is 31.8 Å². The number of hydrogen-bond donors (Lipinski definition) is 2. The molecule has 4 rings (SSSR count). The third-order valence-electron chi connectivity index (χ3n) is 6.01. The van der Waals surface area contributed by atoms with Gasteiger partial charge in [0.1, 0.15) is 11.4 Å². The number of carboxylic acid groups (broad SMARTS) is 1. The molecular weight excluding hydrogens is 387 g/mol. The van der Waals surface area contributed by atoms with Crippen LogP contribution < -0.4 is 10.2 Å². The number of hydrogen-bond acceptors (Lipinski definition) is 4. The summed E-state index contributed by atoms with van der Waals surface area (Å²) in [6.45, 7) is 3.76. The minimum atomic E-state index is -1.59. The molecule has 6 nitrogen and oxygen atoms in total. The number of amides is 2. The number of carbonyl (C=O) groups is 3. The summed E-state index contributed by atoms with van der Waals surface area (Å²) in [5, 5.41) is 13.3. The summed E-state index contributed by atoms with van der Waals surface area (Å²) in [6, 6.07) is 13.4. The normalized spacial score (nSPS) is 28.3. The van der Waals surface area contributed by atoms with Crippen molar-refractivity contribution in [2.75, 3.05) is 4.90 Å². The average molecular weight is 410 g/mol. The number of carbonyl (C=O) groups excluding carboxylic acids is 2. The number of rotatable bonds is 5. The Hall–Kier alpha value is -3.06. The van der Waals surface area contributed by atoms with E-state index in [0.717, 1.165) is 4.90 Å². The van der Waals surface area contributed by atoms with Crippen LogP contribution in [0.2, 0.25) is 0 Å². The standard InChI is InChI=1S/C23H23FN2O4/c1-13(2)12-23(22(29)30)18-17(19(25-23)14-8-10-15(24)11-9-14)20(27)26(21(18)28)16-6-4-3-5-7-16/h3-11,13,17-19,25H,12H2,1-2H3,(H,29,30). The number of aliphatic carboxylic acids is 1. The number of nitrogens with zero attached hydrogens (tertiary/aromatic N) is 1. The lowest BCUT2D eigenvalue weighted by atomic mass is 9.75. The van der Waals surface area contributed by atoms with Crippen LogP contribution in [0, 0.1) is 23.6 Å². The second-order valence-electron chi connectivity index (χ2n) is 8.40. The Morgan fingerprint density at radius 1 is 1.10 bits per heavy atom. The first kappa shape index (κ1) is 20.2. The molecule has 0 spiro atoms. The van der Waals surface area contributed by atoms with Crippen molar-refractivity contribution in [1.82, 2.24) is 5.32 Å². The molecule has 2 fully saturated rings. The molecule has 2 aliphatic rings. The lowest BCUT2D eigenvalue weighted by Crippen LogP contribution is -2.56. The average Bonchev–Trinajstić information content (AvgIpc) is 3.17. The van der Waals surface area contributed by atoms with E-state index in [0.29, 0.717) is 11.3 Å². The molecule has 2 heterocycles. The summed E-state index contributed by atoms with van der Waals surface area (Å²) < 4.78 is 13.5. The van der Waals surface area contributed by atoms with Gasteiger partial charge in [0.05, 0.1) is 17.5 Å². The lowest BCUT2D eigenvalue weighted by molar-refractivity contribution is -0.149. The minimum absolute atomic E-state index is 0.0325. The fraction of sp³-hybridized carbons (Fsp3) is 0.348. The minimum Gasteiger partial charge on any atom is -0.480 e. The fourth-order valence-electron chi connectivity index (χ4n) is 4.91. The molecule has 4 unspecified atom stereocenters. The van der Waals surface area contributed by atoms with Crippen LogP contribution in [0.1, 0.15) is 31.9 Å². The van der Waals surface area contributed by atoms with Gasteiger partial charge in [0.2, 0.25) is 11.8 Å². The van der Waals surface area contributed by atoms with Crippen LogP contribution in [-0.2, 0) is 14.4 Å². The largest absolute Gasteiger partial charge is 0.480 e. The van der Waals surface area contributed by atoms with Gasteiger partial charge in [-0.3, -0.25) is 19.7 Å². The summed E-state index contributed by atoms with van der Waals surface area (Å²) in [6.07, 6.45) is 0.183. The smallest absolute Gasteiger partial charge is 0.324 e. The Bertz CT molecular complexity index is 992. The van der Waals surface area contributed by atoms with Crippen LogP contribution in [0.25, 0.3) is 0 Å². The fourth-order valence-corrected chi connectivity index (χ4v) is 4.91. The molecule has 4 atom stereocenters. The molecule has 2 aromatic rings. The molecular formula is C23H23FN2O4. The van der Waals surface area contributed by atoms with Crippen LogP contribution in [0.5, 0.6) is 0 Å². The number of anilines is 1. The van der Waals surface area contributed by atoms with Gasteiger partial charge in [-0.15, -0.1) is 0 Å². The number of fused-ring (bicyclic) bond motifs is 1.